The maximum Gasteiger partial charge on any atom is 0.256 e. The van der Waals surface area contributed by atoms with Crippen LogP contribution >= 0.6 is 38.5 Å². The molecule has 3 aliphatic heterocycles. The molecule has 5 rings (SSSR count). The SMILES string of the molecule is CNc1cncc(C(=O)N2C[C@H](Nc3c(N)cc(Br)cc3C(=O)N3C[C@@H](C)O[C@@H](C)C3)C[C@H]2C(=O)N2CC(F)(I)C2)c1. The molecule has 3 fully saturated rings. The fraction of sp³-hybridized carbons (Fsp3) is 0.500. The summed E-state index contributed by atoms with van der Waals surface area (Å²) in [6.07, 6.45) is 3.10. The first kappa shape index (κ1) is 30.7. The molecule has 3 amide bonds. The molecule has 0 bridgehead atoms. The van der Waals surface area contributed by atoms with Crippen molar-refractivity contribution < 1.29 is 23.5 Å². The number of aromatic nitrogens is 1. The number of benzene rings is 1. The van der Waals surface area contributed by atoms with Gasteiger partial charge in [0.2, 0.25) is 5.91 Å². The molecule has 1 aromatic carbocycles. The summed E-state index contributed by atoms with van der Waals surface area (Å²) in [5, 5.41) is 6.36. The zero-order valence-electron chi connectivity index (χ0n) is 23.6. The number of morpholine rings is 1. The van der Waals surface area contributed by atoms with Crippen LogP contribution < -0.4 is 16.4 Å². The topological polar surface area (TPSA) is 133 Å². The van der Waals surface area contributed by atoms with E-state index in [1.807, 2.05) is 13.8 Å². The fourth-order valence-corrected chi connectivity index (χ4v) is 7.11. The van der Waals surface area contributed by atoms with Crippen LogP contribution in [0.25, 0.3) is 0 Å². The summed E-state index contributed by atoms with van der Waals surface area (Å²) in [5.74, 6) is -0.866. The highest BCUT2D eigenvalue weighted by molar-refractivity contribution is 14.1. The molecule has 0 unspecified atom stereocenters. The number of pyridine rings is 1. The van der Waals surface area contributed by atoms with E-state index in [2.05, 4.69) is 31.5 Å². The van der Waals surface area contributed by atoms with Gasteiger partial charge in [0.05, 0.1) is 53.5 Å². The average Bonchev–Trinajstić information content (AvgIpc) is 3.35. The second kappa shape index (κ2) is 12.1. The maximum atomic E-state index is 14.3. The van der Waals surface area contributed by atoms with Gasteiger partial charge in [-0.15, -0.1) is 0 Å². The van der Waals surface area contributed by atoms with E-state index in [-0.39, 0.29) is 56.0 Å². The number of carbonyl (C=O) groups is 3. The lowest BCUT2D eigenvalue weighted by Gasteiger charge is -2.42. The van der Waals surface area contributed by atoms with Crippen molar-refractivity contribution in [1.82, 2.24) is 19.7 Å². The van der Waals surface area contributed by atoms with Crippen LogP contribution in [0.2, 0.25) is 0 Å². The summed E-state index contributed by atoms with van der Waals surface area (Å²) in [4.78, 5) is 49.9. The summed E-state index contributed by atoms with van der Waals surface area (Å²) in [7, 11) is 1.73. The van der Waals surface area contributed by atoms with E-state index in [0.29, 0.717) is 45.8 Å². The van der Waals surface area contributed by atoms with Gasteiger partial charge in [-0.1, -0.05) is 15.9 Å². The predicted molar refractivity (Wildman–Crippen MR) is 170 cm³/mol. The molecule has 3 saturated heterocycles. The Hall–Kier alpha value is -2.72. The third kappa shape index (κ3) is 6.44. The molecule has 4 N–H and O–H groups in total. The van der Waals surface area contributed by atoms with Crippen molar-refractivity contribution in [2.24, 2.45) is 0 Å². The first-order chi connectivity index (χ1) is 19.8. The number of hydrogen-bond donors (Lipinski definition) is 3. The number of halogens is 3. The largest absolute Gasteiger partial charge is 0.397 e. The van der Waals surface area contributed by atoms with E-state index in [4.69, 9.17) is 10.5 Å². The molecule has 226 valence electrons. The van der Waals surface area contributed by atoms with Crippen molar-refractivity contribution in [2.75, 3.05) is 56.1 Å². The van der Waals surface area contributed by atoms with Crippen molar-refractivity contribution in [1.29, 1.82) is 0 Å². The number of ether oxygens (including phenoxy) is 1. The summed E-state index contributed by atoms with van der Waals surface area (Å²) in [5.41, 5.74) is 8.61. The van der Waals surface area contributed by atoms with Gasteiger partial charge in [0, 0.05) is 49.6 Å². The third-order valence-corrected chi connectivity index (χ3v) is 8.84. The molecule has 0 radical (unpaired) electrons. The molecule has 4 atom stereocenters. The van der Waals surface area contributed by atoms with Crippen molar-refractivity contribution >= 4 is 73.3 Å². The first-order valence-corrected chi connectivity index (χ1v) is 15.6. The normalized spacial score (nSPS) is 25.1. The van der Waals surface area contributed by atoms with Crippen LogP contribution in [0.3, 0.4) is 0 Å². The Bertz CT molecular complexity index is 1380. The molecule has 1 aromatic heterocycles. The van der Waals surface area contributed by atoms with Gasteiger partial charge in [-0.05, 0) is 61.1 Å². The van der Waals surface area contributed by atoms with Crippen LogP contribution in [0.4, 0.5) is 21.5 Å². The predicted octanol–water partition coefficient (Wildman–Crippen LogP) is 3.36. The Morgan fingerprint density at radius 1 is 1.10 bits per heavy atom. The van der Waals surface area contributed by atoms with E-state index in [0.717, 1.165) is 0 Å². The number of nitrogens with zero attached hydrogens (tertiary/aromatic N) is 4. The van der Waals surface area contributed by atoms with E-state index in [1.165, 1.54) is 16.0 Å². The Morgan fingerprint density at radius 2 is 1.79 bits per heavy atom. The molecule has 3 aliphatic rings. The molecular weight excluding hydrogens is 724 g/mol. The van der Waals surface area contributed by atoms with Gasteiger partial charge in [0.1, 0.15) is 6.04 Å². The lowest BCUT2D eigenvalue weighted by molar-refractivity contribution is -0.143. The molecule has 42 heavy (non-hydrogen) atoms. The second-order valence-corrected chi connectivity index (χ2v) is 14.0. The molecule has 4 heterocycles. The van der Waals surface area contributed by atoms with Gasteiger partial charge in [-0.25, -0.2) is 4.39 Å². The van der Waals surface area contributed by atoms with Gasteiger partial charge < -0.3 is 35.8 Å². The lowest BCUT2D eigenvalue weighted by atomic mass is 10.0. The number of nitrogen functional groups attached to an aromatic ring is 1. The van der Waals surface area contributed by atoms with E-state index in [1.54, 1.807) is 58.9 Å². The summed E-state index contributed by atoms with van der Waals surface area (Å²) in [6, 6.07) is 3.88. The minimum atomic E-state index is -1.47. The second-order valence-electron chi connectivity index (χ2n) is 11.2. The number of amides is 3. The third-order valence-electron chi connectivity index (χ3n) is 7.70. The summed E-state index contributed by atoms with van der Waals surface area (Å²) < 4.78 is 19.3. The number of likely N-dealkylation sites (tertiary alicyclic amines) is 2. The van der Waals surface area contributed by atoms with E-state index >= 15 is 0 Å². The highest BCUT2D eigenvalue weighted by Gasteiger charge is 2.49. The number of hydrogen-bond acceptors (Lipinski definition) is 8. The van der Waals surface area contributed by atoms with Crippen LogP contribution in [-0.4, -0.2) is 105 Å². The molecule has 0 spiro atoms. The summed E-state index contributed by atoms with van der Waals surface area (Å²) in [6.45, 7) is 4.85. The molecule has 2 aromatic rings. The van der Waals surface area contributed by atoms with Crippen LogP contribution in [-0.2, 0) is 9.53 Å². The number of rotatable bonds is 6. The van der Waals surface area contributed by atoms with Gasteiger partial charge in [-0.2, -0.15) is 0 Å². The first-order valence-electron chi connectivity index (χ1n) is 13.8. The van der Waals surface area contributed by atoms with Crippen molar-refractivity contribution in [3.63, 3.8) is 0 Å². The van der Waals surface area contributed by atoms with Crippen molar-refractivity contribution in [2.45, 2.75) is 48.2 Å². The van der Waals surface area contributed by atoms with Crippen LogP contribution in [0.5, 0.6) is 0 Å². The molecule has 11 nitrogen and oxygen atoms in total. The molecule has 0 saturated carbocycles. The van der Waals surface area contributed by atoms with Crippen LogP contribution in [0.1, 0.15) is 41.0 Å². The van der Waals surface area contributed by atoms with Gasteiger partial charge in [-0.3, -0.25) is 19.4 Å². The summed E-state index contributed by atoms with van der Waals surface area (Å²) >= 11 is 5.16. The standard InChI is InChI=1S/C28H34BrFIN7O4/c1-15-10-36(11-16(2)42-15)26(40)21-5-18(29)6-22(32)24(21)35-20-7-23(27(41)37-13-28(30,31)14-37)38(12-20)25(39)17-4-19(33-3)9-34-8-17/h4-6,8-9,15-16,20,23,33,35H,7,10-14,32H2,1-3H3/t15-,16+,20-,23+/m1/s1. The average molecular weight is 758 g/mol. The van der Waals surface area contributed by atoms with Crippen molar-refractivity contribution in [3.05, 3.63) is 46.2 Å². The van der Waals surface area contributed by atoms with Gasteiger partial charge in [0.25, 0.3) is 11.8 Å². The number of anilines is 3. The van der Waals surface area contributed by atoms with Crippen molar-refractivity contribution in [3.8, 4) is 0 Å². The maximum absolute atomic E-state index is 14.3. The number of carbonyl (C=O) groups excluding carboxylic acids is 3. The monoisotopic (exact) mass is 757 g/mol. The minimum absolute atomic E-state index is 0.0332. The number of nitrogens with two attached hydrogens (primary N) is 1. The van der Waals surface area contributed by atoms with E-state index in [9.17, 15) is 18.8 Å². The fourth-order valence-electron chi connectivity index (χ4n) is 5.81. The quantitative estimate of drug-likeness (QED) is 0.232. The molecule has 14 heteroatoms. The Balaban J connectivity index is 1.43. The lowest BCUT2D eigenvalue weighted by Crippen LogP contribution is -2.61. The zero-order chi connectivity index (χ0) is 30.3. The van der Waals surface area contributed by atoms with Crippen LogP contribution in [0, 0.1) is 0 Å². The van der Waals surface area contributed by atoms with E-state index < -0.39 is 15.8 Å². The Morgan fingerprint density at radius 3 is 2.43 bits per heavy atom. The Kier molecular flexibility index (Phi) is 8.86. The Labute approximate surface area is 266 Å². The highest BCUT2D eigenvalue weighted by atomic mass is 127. The van der Waals surface area contributed by atoms with Gasteiger partial charge >= 0.3 is 0 Å². The zero-order valence-corrected chi connectivity index (χ0v) is 27.3. The molecule has 0 aliphatic carbocycles. The molecular formula is C28H34BrFIN7O4. The number of alkyl halides is 2. The van der Waals surface area contributed by atoms with Gasteiger partial charge in [0.15, 0.2) is 3.68 Å². The smallest absolute Gasteiger partial charge is 0.256 e. The number of nitrogens with one attached hydrogen (secondary N) is 2. The van der Waals surface area contributed by atoms with Crippen LogP contribution in [0.15, 0.2) is 35.1 Å². The minimum Gasteiger partial charge on any atom is -0.397 e. The highest BCUT2D eigenvalue weighted by Crippen LogP contribution is 2.36.